The second kappa shape index (κ2) is 6.77. The Labute approximate surface area is 172 Å². The highest BCUT2D eigenvalue weighted by atomic mass is 19.4. The van der Waals surface area contributed by atoms with Crippen LogP contribution in [0, 0.1) is 5.82 Å². The molecule has 2 nitrogen and oxygen atoms in total. The van der Waals surface area contributed by atoms with Crippen LogP contribution in [0.25, 0.3) is 16.8 Å². The van der Waals surface area contributed by atoms with Crippen LogP contribution < -0.4 is 0 Å². The van der Waals surface area contributed by atoms with Crippen LogP contribution in [0.4, 0.5) is 17.6 Å². The van der Waals surface area contributed by atoms with E-state index in [0.717, 1.165) is 17.8 Å². The molecule has 30 heavy (non-hydrogen) atoms. The second-order valence-electron chi connectivity index (χ2n) is 8.38. The van der Waals surface area contributed by atoms with Gasteiger partial charge in [-0.15, -0.1) is 0 Å². The van der Waals surface area contributed by atoms with Gasteiger partial charge in [-0.25, -0.2) is 8.87 Å². The fraction of sp³-hybridized carbons (Fsp3) is 0.208. The van der Waals surface area contributed by atoms with Crippen LogP contribution in [0.5, 0.6) is 0 Å². The molecule has 0 amide bonds. The zero-order chi connectivity index (χ0) is 21.7. The lowest BCUT2D eigenvalue weighted by molar-refractivity contribution is -0.785. The lowest BCUT2D eigenvalue weighted by Crippen LogP contribution is -2.55. The van der Waals surface area contributed by atoms with Gasteiger partial charge >= 0.3 is 6.18 Å². The van der Waals surface area contributed by atoms with E-state index in [9.17, 15) is 13.2 Å². The number of fused-ring (bicyclic) bond motifs is 1. The lowest BCUT2D eigenvalue weighted by atomic mass is 9.98. The molecule has 0 N–H and O–H groups in total. The topological polar surface area (TPSA) is 12.4 Å². The Bertz CT molecular complexity index is 1120. The van der Waals surface area contributed by atoms with E-state index in [1.54, 1.807) is 24.4 Å². The number of hydrogen-bond donors (Lipinski definition) is 0. The van der Waals surface area contributed by atoms with Crippen LogP contribution in [-0.2, 0) is 0 Å². The summed E-state index contributed by atoms with van der Waals surface area (Å²) in [6, 6.07) is 14.1. The van der Waals surface area contributed by atoms with Crippen molar-refractivity contribution in [2.75, 3.05) is 0 Å². The van der Waals surface area contributed by atoms with Crippen LogP contribution in [-0.4, -0.2) is 22.0 Å². The molecular weight excluding hydrogens is 392 g/mol. The average Bonchev–Trinajstić information content (AvgIpc) is 3.08. The quantitative estimate of drug-likeness (QED) is 0.378. The van der Waals surface area contributed by atoms with Gasteiger partial charge in [0.1, 0.15) is 35.0 Å². The molecule has 4 rings (SSSR count). The number of amidine groups is 1. The van der Waals surface area contributed by atoms with E-state index in [2.05, 4.69) is 4.99 Å². The smallest absolute Gasteiger partial charge is 0.216 e. The minimum absolute atomic E-state index is 0.233. The molecule has 0 bridgehead atoms. The number of halogens is 4. The Kier molecular flexibility index (Phi) is 4.58. The van der Waals surface area contributed by atoms with Crippen molar-refractivity contribution in [2.24, 2.45) is 4.99 Å². The lowest BCUT2D eigenvalue weighted by Gasteiger charge is -2.41. The molecule has 0 aliphatic carbocycles. The summed E-state index contributed by atoms with van der Waals surface area (Å²) in [6.45, 7) is 5.51. The molecule has 0 saturated heterocycles. The fourth-order valence-electron chi connectivity index (χ4n) is 3.78. The van der Waals surface area contributed by atoms with E-state index >= 15 is 4.39 Å². The Balaban J connectivity index is 1.88. The summed E-state index contributed by atoms with van der Waals surface area (Å²) in [4.78, 5) is 4.54. The zero-order valence-corrected chi connectivity index (χ0v) is 16.8. The molecule has 1 unspecified atom stereocenters. The van der Waals surface area contributed by atoms with Crippen molar-refractivity contribution in [1.82, 2.24) is 0 Å². The third-order valence-corrected chi connectivity index (χ3v) is 5.49. The van der Waals surface area contributed by atoms with Crippen molar-refractivity contribution < 1.29 is 22.0 Å². The fourth-order valence-corrected chi connectivity index (χ4v) is 3.78. The van der Waals surface area contributed by atoms with Crippen molar-refractivity contribution >= 4 is 11.5 Å². The molecular formula is C24H21F4N2+. The van der Waals surface area contributed by atoms with E-state index < -0.39 is 23.1 Å². The first-order chi connectivity index (χ1) is 14.0. The Hall–Kier alpha value is -2.99. The van der Waals surface area contributed by atoms with Crippen molar-refractivity contribution in [2.45, 2.75) is 32.5 Å². The molecule has 0 radical (unpaired) electrons. The Morgan fingerprint density at radius 1 is 0.800 bits per heavy atom. The summed E-state index contributed by atoms with van der Waals surface area (Å²) in [5, 5.41) is 0. The van der Waals surface area contributed by atoms with Crippen molar-refractivity contribution in [3.63, 3.8) is 0 Å². The first kappa shape index (κ1) is 20.3. The molecule has 0 fully saturated rings. The summed E-state index contributed by atoms with van der Waals surface area (Å²) in [7, 11) is 0. The molecule has 0 aromatic heterocycles. The largest absolute Gasteiger partial charge is 0.421 e. The second-order valence-corrected chi connectivity index (χ2v) is 8.38. The molecule has 2 heterocycles. The number of hydrogen-bond acceptors (Lipinski definition) is 1. The number of allylic oxidation sites excluding steroid dienone is 2. The highest BCUT2D eigenvalue weighted by Gasteiger charge is 2.50. The first-order valence-electron chi connectivity index (χ1n) is 9.56. The van der Waals surface area contributed by atoms with E-state index in [1.807, 2.05) is 51.1 Å². The highest BCUT2D eigenvalue weighted by molar-refractivity contribution is 5.97. The summed E-state index contributed by atoms with van der Waals surface area (Å²) >= 11 is 0. The molecule has 2 aromatic carbocycles. The summed E-state index contributed by atoms with van der Waals surface area (Å²) < 4.78 is 55.5. The summed E-state index contributed by atoms with van der Waals surface area (Å²) in [6.07, 6.45) is 0.682. The number of aliphatic imine (C=N–C) groups is 1. The van der Waals surface area contributed by atoms with E-state index in [-0.39, 0.29) is 10.0 Å². The van der Waals surface area contributed by atoms with Gasteiger partial charge in [0.15, 0.2) is 0 Å². The normalized spacial score (nSPS) is 21.1. The van der Waals surface area contributed by atoms with Crippen LogP contribution >= 0.6 is 0 Å². The highest BCUT2D eigenvalue weighted by Crippen LogP contribution is 2.43. The summed E-state index contributed by atoms with van der Waals surface area (Å²) in [5.41, 5.74) is 0.320. The molecule has 0 spiro atoms. The predicted octanol–water partition coefficient (Wildman–Crippen LogP) is 6.83. The van der Waals surface area contributed by atoms with Crippen LogP contribution in [0.1, 0.15) is 26.3 Å². The first-order valence-corrected chi connectivity index (χ1v) is 9.56. The standard InChI is InChI=1S/C24H21F4N2/c1-23(2,3)30-14-17(24(26,27)28)12-13-21(30)29-20(15-30)19-11-7-10-18(22(19)25)16-8-5-4-6-9-16/h4-15H,1-3H3/q+1. The minimum Gasteiger partial charge on any atom is -0.216 e. The number of quaternary nitrogens is 1. The van der Waals surface area contributed by atoms with Crippen LogP contribution in [0.15, 0.2) is 83.6 Å². The van der Waals surface area contributed by atoms with Gasteiger partial charge in [0, 0.05) is 17.2 Å². The van der Waals surface area contributed by atoms with Gasteiger partial charge in [0.2, 0.25) is 5.84 Å². The Morgan fingerprint density at radius 2 is 1.47 bits per heavy atom. The third kappa shape index (κ3) is 3.21. The van der Waals surface area contributed by atoms with E-state index in [4.69, 9.17) is 0 Å². The maximum atomic E-state index is 15.4. The number of alkyl halides is 3. The molecule has 2 aliphatic heterocycles. The van der Waals surface area contributed by atoms with E-state index in [1.165, 1.54) is 6.08 Å². The minimum atomic E-state index is -4.48. The van der Waals surface area contributed by atoms with Gasteiger partial charge in [-0.1, -0.05) is 42.5 Å². The average molecular weight is 413 g/mol. The SMILES string of the molecule is CC(C)(C)[N+]12C=C(c3cccc(-c4ccccc4)c3F)N=C1C=CC(C(F)(F)F)=C2. The number of benzene rings is 2. The number of nitrogens with zero attached hydrogens (tertiary/aromatic N) is 2. The van der Waals surface area contributed by atoms with Gasteiger partial charge in [-0.3, -0.25) is 0 Å². The molecule has 2 aromatic rings. The van der Waals surface area contributed by atoms with Gasteiger partial charge in [0.05, 0.1) is 0 Å². The van der Waals surface area contributed by atoms with E-state index in [0.29, 0.717) is 17.1 Å². The van der Waals surface area contributed by atoms with Crippen LogP contribution in [0.2, 0.25) is 0 Å². The van der Waals surface area contributed by atoms with Gasteiger partial charge in [-0.2, -0.15) is 18.2 Å². The van der Waals surface area contributed by atoms with Gasteiger partial charge < -0.3 is 0 Å². The van der Waals surface area contributed by atoms with Crippen molar-refractivity contribution in [1.29, 1.82) is 0 Å². The molecule has 1 atom stereocenters. The molecule has 6 heteroatoms. The zero-order valence-electron chi connectivity index (χ0n) is 16.8. The molecule has 2 aliphatic rings. The maximum absolute atomic E-state index is 15.4. The van der Waals surface area contributed by atoms with Crippen molar-refractivity contribution in [3.8, 4) is 11.1 Å². The van der Waals surface area contributed by atoms with Gasteiger partial charge in [0.25, 0.3) is 0 Å². The third-order valence-electron chi connectivity index (χ3n) is 5.49. The van der Waals surface area contributed by atoms with Crippen LogP contribution in [0.3, 0.4) is 0 Å². The molecule has 154 valence electrons. The molecule has 0 saturated carbocycles. The summed E-state index contributed by atoms with van der Waals surface area (Å²) in [5.74, 6) is -0.0229. The monoisotopic (exact) mass is 413 g/mol. The number of rotatable bonds is 2. The van der Waals surface area contributed by atoms with Crippen molar-refractivity contribution in [3.05, 3.63) is 90.0 Å². The predicted molar refractivity (Wildman–Crippen MR) is 111 cm³/mol. The van der Waals surface area contributed by atoms with Gasteiger partial charge in [-0.05, 0) is 38.5 Å². The Morgan fingerprint density at radius 3 is 2.10 bits per heavy atom. The maximum Gasteiger partial charge on any atom is 0.421 e.